The Balaban J connectivity index is 2.54. The Morgan fingerprint density at radius 3 is 3.06 bits per heavy atom. The van der Waals surface area contributed by atoms with Crippen molar-refractivity contribution in [3.63, 3.8) is 0 Å². The quantitative estimate of drug-likeness (QED) is 0.438. The Labute approximate surface area is 94.9 Å². The van der Waals surface area contributed by atoms with Crippen molar-refractivity contribution >= 4 is 5.91 Å². The van der Waals surface area contributed by atoms with E-state index in [1.54, 1.807) is 6.07 Å². The van der Waals surface area contributed by atoms with Gasteiger partial charge in [0.2, 0.25) is 0 Å². The Hall–Kier alpha value is -1.33. The monoisotopic (exact) mass is 226 g/mol. The fraction of sp³-hybridized carbons (Fsp3) is 0.545. The van der Waals surface area contributed by atoms with Gasteiger partial charge in [0.05, 0.1) is 19.0 Å². The summed E-state index contributed by atoms with van der Waals surface area (Å²) in [6.45, 7) is 4.47. The number of amides is 1. The molecule has 1 unspecified atom stereocenters. The molecule has 0 aromatic carbocycles. The van der Waals surface area contributed by atoms with Crippen molar-refractivity contribution in [3.05, 3.63) is 23.7 Å². The topological polar surface area (TPSA) is 77.5 Å². The van der Waals surface area contributed by atoms with E-state index in [9.17, 15) is 4.79 Å². The zero-order chi connectivity index (χ0) is 12.0. The van der Waals surface area contributed by atoms with E-state index in [4.69, 9.17) is 15.0 Å². The molecule has 0 aliphatic carbocycles. The molecule has 1 rings (SSSR count). The summed E-state index contributed by atoms with van der Waals surface area (Å²) in [5, 5.41) is 0. The van der Waals surface area contributed by atoms with Crippen LogP contribution >= 0.6 is 0 Å². The number of nitrogens with one attached hydrogen (secondary N) is 1. The van der Waals surface area contributed by atoms with Crippen LogP contribution in [0.3, 0.4) is 0 Å². The standard InChI is InChI=1S/C11H18N2O3/c1-3-4-8(2)16-7-9-5-6-15-10(9)11(14)13-12/h5-6,8H,3-4,7,12H2,1-2H3,(H,13,14). The van der Waals surface area contributed by atoms with Crippen LogP contribution in [0, 0.1) is 0 Å². The molecule has 0 radical (unpaired) electrons. The molecular formula is C11H18N2O3. The minimum Gasteiger partial charge on any atom is -0.459 e. The molecule has 5 heteroatoms. The SMILES string of the molecule is CCCC(C)OCc1ccoc1C(=O)NN. The van der Waals surface area contributed by atoms with Crippen molar-refractivity contribution in [1.82, 2.24) is 5.43 Å². The van der Waals surface area contributed by atoms with Crippen molar-refractivity contribution in [3.8, 4) is 0 Å². The van der Waals surface area contributed by atoms with E-state index in [0.29, 0.717) is 12.2 Å². The van der Waals surface area contributed by atoms with Crippen LogP contribution in [0.5, 0.6) is 0 Å². The lowest BCUT2D eigenvalue weighted by Crippen LogP contribution is -2.30. The summed E-state index contributed by atoms with van der Waals surface area (Å²) in [6, 6.07) is 1.71. The number of ether oxygens (including phenoxy) is 1. The van der Waals surface area contributed by atoms with Crippen LogP contribution in [0.15, 0.2) is 16.7 Å². The number of carbonyl (C=O) groups excluding carboxylic acids is 1. The highest BCUT2D eigenvalue weighted by Gasteiger charge is 2.14. The van der Waals surface area contributed by atoms with E-state index < -0.39 is 5.91 Å². The number of carbonyl (C=O) groups is 1. The third-order valence-electron chi connectivity index (χ3n) is 2.30. The lowest BCUT2D eigenvalue weighted by atomic mass is 10.2. The first-order chi connectivity index (χ1) is 7.69. The maximum absolute atomic E-state index is 11.3. The summed E-state index contributed by atoms with van der Waals surface area (Å²) >= 11 is 0. The first-order valence-corrected chi connectivity index (χ1v) is 5.38. The van der Waals surface area contributed by atoms with Crippen LogP contribution in [-0.2, 0) is 11.3 Å². The molecule has 5 nitrogen and oxygen atoms in total. The molecular weight excluding hydrogens is 208 g/mol. The fourth-order valence-corrected chi connectivity index (χ4v) is 1.44. The molecule has 0 spiro atoms. The largest absolute Gasteiger partial charge is 0.459 e. The summed E-state index contributed by atoms with van der Waals surface area (Å²) in [7, 11) is 0. The number of hydrogen-bond acceptors (Lipinski definition) is 4. The minimum absolute atomic E-state index is 0.175. The van der Waals surface area contributed by atoms with Crippen LogP contribution in [0.25, 0.3) is 0 Å². The van der Waals surface area contributed by atoms with E-state index in [-0.39, 0.29) is 11.9 Å². The molecule has 1 aromatic heterocycles. The summed E-state index contributed by atoms with van der Waals surface area (Å²) < 4.78 is 10.6. The Kier molecular flexibility index (Phi) is 5.01. The molecule has 0 aliphatic heterocycles. The van der Waals surface area contributed by atoms with E-state index in [1.165, 1.54) is 6.26 Å². The average molecular weight is 226 g/mol. The van der Waals surface area contributed by atoms with Crippen LogP contribution in [0.1, 0.15) is 42.8 Å². The molecule has 1 heterocycles. The van der Waals surface area contributed by atoms with Gasteiger partial charge >= 0.3 is 5.91 Å². The van der Waals surface area contributed by atoms with E-state index in [2.05, 4.69) is 6.92 Å². The second kappa shape index (κ2) is 6.30. The molecule has 0 fully saturated rings. The van der Waals surface area contributed by atoms with Gasteiger partial charge in [-0.2, -0.15) is 0 Å². The van der Waals surface area contributed by atoms with Gasteiger partial charge in [-0.1, -0.05) is 13.3 Å². The van der Waals surface area contributed by atoms with Gasteiger partial charge in [-0.05, 0) is 19.4 Å². The smallest absolute Gasteiger partial charge is 0.301 e. The van der Waals surface area contributed by atoms with Crippen molar-refractivity contribution in [2.24, 2.45) is 5.84 Å². The maximum Gasteiger partial charge on any atom is 0.301 e. The molecule has 0 bridgehead atoms. The van der Waals surface area contributed by atoms with Crippen LogP contribution in [-0.4, -0.2) is 12.0 Å². The molecule has 0 saturated carbocycles. The predicted octanol–water partition coefficient (Wildman–Crippen LogP) is 1.59. The zero-order valence-corrected chi connectivity index (χ0v) is 9.66. The lowest BCUT2D eigenvalue weighted by molar-refractivity contribution is 0.0460. The van der Waals surface area contributed by atoms with Crippen molar-refractivity contribution in [2.45, 2.75) is 39.4 Å². The zero-order valence-electron chi connectivity index (χ0n) is 9.66. The number of rotatable bonds is 6. The fourth-order valence-electron chi connectivity index (χ4n) is 1.44. The average Bonchev–Trinajstić information content (AvgIpc) is 2.74. The van der Waals surface area contributed by atoms with Crippen LogP contribution in [0.4, 0.5) is 0 Å². The number of hydrogen-bond donors (Lipinski definition) is 2. The van der Waals surface area contributed by atoms with Gasteiger partial charge in [0.15, 0.2) is 5.76 Å². The Morgan fingerprint density at radius 2 is 2.44 bits per heavy atom. The van der Waals surface area contributed by atoms with Gasteiger partial charge in [-0.25, -0.2) is 5.84 Å². The summed E-state index contributed by atoms with van der Waals surface area (Å²) in [5.74, 6) is 4.81. The van der Waals surface area contributed by atoms with Gasteiger partial charge in [0.1, 0.15) is 0 Å². The van der Waals surface area contributed by atoms with Gasteiger partial charge in [0, 0.05) is 5.56 Å². The highest BCUT2D eigenvalue weighted by Crippen LogP contribution is 2.13. The second-order valence-corrected chi connectivity index (χ2v) is 3.66. The van der Waals surface area contributed by atoms with Crippen molar-refractivity contribution in [1.29, 1.82) is 0 Å². The Morgan fingerprint density at radius 1 is 1.69 bits per heavy atom. The first kappa shape index (κ1) is 12.7. The Bertz CT molecular complexity index is 336. The van der Waals surface area contributed by atoms with E-state index >= 15 is 0 Å². The minimum atomic E-state index is -0.438. The number of furan rings is 1. The van der Waals surface area contributed by atoms with E-state index in [1.807, 2.05) is 12.3 Å². The van der Waals surface area contributed by atoms with Gasteiger partial charge in [-0.15, -0.1) is 0 Å². The first-order valence-electron chi connectivity index (χ1n) is 5.38. The number of hydrazine groups is 1. The summed E-state index contributed by atoms with van der Waals surface area (Å²) in [5.41, 5.74) is 2.75. The van der Waals surface area contributed by atoms with Gasteiger partial charge in [-0.3, -0.25) is 10.2 Å². The maximum atomic E-state index is 11.3. The van der Waals surface area contributed by atoms with Crippen molar-refractivity contribution in [2.75, 3.05) is 0 Å². The predicted molar refractivity (Wildman–Crippen MR) is 59.5 cm³/mol. The van der Waals surface area contributed by atoms with Gasteiger partial charge < -0.3 is 9.15 Å². The van der Waals surface area contributed by atoms with Crippen molar-refractivity contribution < 1.29 is 13.9 Å². The molecule has 3 N–H and O–H groups in total. The van der Waals surface area contributed by atoms with Crippen LogP contribution in [0.2, 0.25) is 0 Å². The third-order valence-corrected chi connectivity index (χ3v) is 2.30. The molecule has 1 aromatic rings. The third kappa shape index (κ3) is 3.36. The molecule has 1 amide bonds. The number of nitrogen functional groups attached to an aromatic ring is 1. The molecule has 1 atom stereocenters. The second-order valence-electron chi connectivity index (χ2n) is 3.66. The summed E-state index contributed by atoms with van der Waals surface area (Å²) in [4.78, 5) is 11.3. The molecule has 90 valence electrons. The molecule has 0 aliphatic rings. The highest BCUT2D eigenvalue weighted by molar-refractivity contribution is 5.92. The van der Waals surface area contributed by atoms with Gasteiger partial charge in [0.25, 0.3) is 0 Å². The molecule has 0 saturated heterocycles. The van der Waals surface area contributed by atoms with E-state index in [0.717, 1.165) is 12.8 Å². The highest BCUT2D eigenvalue weighted by atomic mass is 16.5. The number of nitrogens with two attached hydrogens (primary N) is 1. The van der Waals surface area contributed by atoms with Crippen LogP contribution < -0.4 is 11.3 Å². The lowest BCUT2D eigenvalue weighted by Gasteiger charge is -2.11. The normalized spacial score (nSPS) is 12.4. The summed E-state index contributed by atoms with van der Waals surface area (Å²) in [6.07, 6.45) is 3.70. The molecule has 16 heavy (non-hydrogen) atoms.